The van der Waals surface area contributed by atoms with Gasteiger partial charge in [-0.3, -0.25) is 9.59 Å². The van der Waals surface area contributed by atoms with Crippen molar-refractivity contribution in [2.45, 2.75) is 50.7 Å². The highest BCUT2D eigenvalue weighted by Crippen LogP contribution is 2.40. The van der Waals surface area contributed by atoms with Gasteiger partial charge in [-0.25, -0.2) is 0 Å². The second-order valence-corrected chi connectivity index (χ2v) is 8.37. The van der Waals surface area contributed by atoms with E-state index < -0.39 is 17.8 Å². The number of rotatable bonds is 5. The molecule has 1 aromatic carbocycles. The van der Waals surface area contributed by atoms with Crippen LogP contribution >= 0.6 is 0 Å². The second-order valence-electron chi connectivity index (χ2n) is 8.37. The Kier molecular flexibility index (Phi) is 5.10. The van der Waals surface area contributed by atoms with E-state index in [1.807, 2.05) is 0 Å². The summed E-state index contributed by atoms with van der Waals surface area (Å²) in [6, 6.07) is 4.84. The molecule has 0 aromatic heterocycles. The molecule has 3 aliphatic rings. The molecule has 2 aliphatic carbocycles. The molecular formula is C21H25F3N2O2. The van der Waals surface area contributed by atoms with Crippen LogP contribution in [-0.4, -0.2) is 29.8 Å². The van der Waals surface area contributed by atoms with Gasteiger partial charge in [0, 0.05) is 19.0 Å². The summed E-state index contributed by atoms with van der Waals surface area (Å²) in [6.45, 7) is 0.968. The molecule has 7 heteroatoms. The topological polar surface area (TPSA) is 49.4 Å². The summed E-state index contributed by atoms with van der Waals surface area (Å²) in [7, 11) is 0. The number of hydrogen-bond acceptors (Lipinski definition) is 2. The van der Waals surface area contributed by atoms with E-state index in [9.17, 15) is 22.8 Å². The van der Waals surface area contributed by atoms with Crippen LogP contribution in [0.5, 0.6) is 0 Å². The van der Waals surface area contributed by atoms with Crippen molar-refractivity contribution in [3.63, 3.8) is 0 Å². The fourth-order valence-corrected chi connectivity index (χ4v) is 3.97. The normalized spacial score (nSPS) is 25.5. The van der Waals surface area contributed by atoms with Gasteiger partial charge >= 0.3 is 6.18 Å². The molecule has 1 aromatic rings. The highest BCUT2D eigenvalue weighted by atomic mass is 19.4. The minimum Gasteiger partial charge on any atom is -0.356 e. The smallest absolute Gasteiger partial charge is 0.356 e. The van der Waals surface area contributed by atoms with Gasteiger partial charge < -0.3 is 10.2 Å². The molecule has 1 aliphatic heterocycles. The molecule has 28 heavy (non-hydrogen) atoms. The van der Waals surface area contributed by atoms with Crippen LogP contribution in [0.1, 0.15) is 55.7 Å². The molecule has 0 unspecified atom stereocenters. The first-order chi connectivity index (χ1) is 13.3. The first kappa shape index (κ1) is 19.3. The summed E-state index contributed by atoms with van der Waals surface area (Å²) in [5.74, 6) is 0.185. The molecule has 0 radical (unpaired) electrons. The Balaban J connectivity index is 1.51. The number of benzene rings is 1. The minimum absolute atomic E-state index is 0.0258. The van der Waals surface area contributed by atoms with Gasteiger partial charge in [-0.05, 0) is 62.1 Å². The first-order valence-electron chi connectivity index (χ1n) is 10.1. The van der Waals surface area contributed by atoms with E-state index in [0.717, 1.165) is 37.8 Å². The average molecular weight is 394 g/mol. The molecule has 3 fully saturated rings. The van der Waals surface area contributed by atoms with Gasteiger partial charge in [-0.2, -0.15) is 13.2 Å². The predicted octanol–water partition coefficient (Wildman–Crippen LogP) is 3.92. The van der Waals surface area contributed by atoms with E-state index in [1.165, 1.54) is 6.07 Å². The summed E-state index contributed by atoms with van der Waals surface area (Å²) in [5, 5.41) is 2.98. The third-order valence-corrected chi connectivity index (χ3v) is 6.02. The third kappa shape index (κ3) is 4.33. The number of hydrogen-bond donors (Lipinski definition) is 1. The Labute approximate surface area is 162 Å². The van der Waals surface area contributed by atoms with Crippen LogP contribution in [0, 0.1) is 17.8 Å². The van der Waals surface area contributed by atoms with Crippen molar-refractivity contribution in [1.82, 2.24) is 10.2 Å². The van der Waals surface area contributed by atoms with E-state index in [2.05, 4.69) is 5.32 Å². The van der Waals surface area contributed by atoms with Gasteiger partial charge in [0.2, 0.25) is 11.8 Å². The van der Waals surface area contributed by atoms with Crippen LogP contribution in [0.2, 0.25) is 0 Å². The Hall–Kier alpha value is -2.05. The molecule has 2 amide bonds. The number of halogens is 3. The maximum atomic E-state index is 13.1. The summed E-state index contributed by atoms with van der Waals surface area (Å²) in [4.78, 5) is 27.0. The lowest BCUT2D eigenvalue weighted by Crippen LogP contribution is -2.47. The quantitative estimate of drug-likeness (QED) is 0.823. The zero-order valence-electron chi connectivity index (χ0n) is 15.7. The molecule has 152 valence electrons. The predicted molar refractivity (Wildman–Crippen MR) is 97.1 cm³/mol. The molecule has 1 saturated heterocycles. The molecule has 1 heterocycles. The maximum Gasteiger partial charge on any atom is 0.416 e. The summed E-state index contributed by atoms with van der Waals surface area (Å²) in [5.41, 5.74) is -0.200. The lowest BCUT2D eigenvalue weighted by molar-refractivity contribution is -0.140. The third-order valence-electron chi connectivity index (χ3n) is 6.02. The van der Waals surface area contributed by atoms with Crippen molar-refractivity contribution in [1.29, 1.82) is 0 Å². The number of carbonyl (C=O) groups is 2. The average Bonchev–Trinajstić information content (AvgIpc) is 3.57. The van der Waals surface area contributed by atoms with Crippen LogP contribution in [0.25, 0.3) is 0 Å². The molecule has 2 saturated carbocycles. The molecule has 0 spiro atoms. The number of piperidine rings is 1. The van der Waals surface area contributed by atoms with Crippen molar-refractivity contribution in [3.8, 4) is 0 Å². The largest absolute Gasteiger partial charge is 0.416 e. The van der Waals surface area contributed by atoms with Crippen LogP contribution in [-0.2, 0) is 15.8 Å². The van der Waals surface area contributed by atoms with Crippen LogP contribution in [0.15, 0.2) is 24.3 Å². The van der Waals surface area contributed by atoms with Crippen LogP contribution < -0.4 is 5.32 Å². The standard InChI is InChI=1S/C21H25F3N2O2/c22-21(23,24)17-3-1-2-15(10-17)18-9-8-16(19(27)25-11-13-4-5-13)12-26(18)20(28)14-6-7-14/h1-3,10,13-14,16,18H,4-9,11-12H2,(H,25,27)/t16-,18-/m0/s1. The molecular weight excluding hydrogens is 369 g/mol. The lowest BCUT2D eigenvalue weighted by Gasteiger charge is -2.40. The summed E-state index contributed by atoms with van der Waals surface area (Å²) in [6.07, 6.45) is 0.602. The van der Waals surface area contributed by atoms with Crippen LogP contribution in [0.3, 0.4) is 0 Å². The van der Waals surface area contributed by atoms with Gasteiger partial charge in [0.05, 0.1) is 17.5 Å². The SMILES string of the molecule is O=C(NCC1CC1)[C@H]1CC[C@@H](c2cccc(C(F)(F)F)c2)N(C(=O)C2CC2)C1. The number of nitrogens with one attached hydrogen (secondary N) is 1. The second kappa shape index (κ2) is 7.41. The first-order valence-corrected chi connectivity index (χ1v) is 10.1. The Morgan fingerprint density at radius 3 is 2.39 bits per heavy atom. The van der Waals surface area contributed by atoms with E-state index >= 15 is 0 Å². The maximum absolute atomic E-state index is 13.1. The van der Waals surface area contributed by atoms with Crippen molar-refractivity contribution in [2.75, 3.05) is 13.1 Å². The molecule has 1 N–H and O–H groups in total. The number of nitrogens with zero attached hydrogens (tertiary/aromatic N) is 1. The number of likely N-dealkylation sites (tertiary alicyclic amines) is 1. The van der Waals surface area contributed by atoms with Gasteiger partial charge in [-0.15, -0.1) is 0 Å². The molecule has 2 atom stereocenters. The fraction of sp³-hybridized carbons (Fsp3) is 0.619. The Bertz CT molecular complexity index is 756. The summed E-state index contributed by atoms with van der Waals surface area (Å²) >= 11 is 0. The molecule has 4 nitrogen and oxygen atoms in total. The minimum atomic E-state index is -4.42. The van der Waals surface area contributed by atoms with E-state index in [1.54, 1.807) is 11.0 Å². The van der Waals surface area contributed by atoms with E-state index in [0.29, 0.717) is 30.9 Å². The Morgan fingerprint density at radius 1 is 1.04 bits per heavy atom. The van der Waals surface area contributed by atoms with Gasteiger partial charge in [0.1, 0.15) is 0 Å². The van der Waals surface area contributed by atoms with Gasteiger partial charge in [0.15, 0.2) is 0 Å². The fourth-order valence-electron chi connectivity index (χ4n) is 3.97. The van der Waals surface area contributed by atoms with Gasteiger partial charge in [-0.1, -0.05) is 12.1 Å². The molecule has 4 rings (SSSR count). The molecule has 0 bridgehead atoms. The van der Waals surface area contributed by atoms with Crippen molar-refractivity contribution >= 4 is 11.8 Å². The van der Waals surface area contributed by atoms with Gasteiger partial charge in [0.25, 0.3) is 0 Å². The van der Waals surface area contributed by atoms with Crippen molar-refractivity contribution in [3.05, 3.63) is 35.4 Å². The monoisotopic (exact) mass is 394 g/mol. The highest BCUT2D eigenvalue weighted by Gasteiger charge is 2.42. The Morgan fingerprint density at radius 2 is 1.75 bits per heavy atom. The lowest BCUT2D eigenvalue weighted by atomic mass is 9.87. The zero-order chi connectivity index (χ0) is 19.9. The van der Waals surface area contributed by atoms with E-state index in [4.69, 9.17) is 0 Å². The highest BCUT2D eigenvalue weighted by molar-refractivity contribution is 5.84. The van der Waals surface area contributed by atoms with E-state index in [-0.39, 0.29) is 30.2 Å². The van der Waals surface area contributed by atoms with Crippen molar-refractivity contribution < 1.29 is 22.8 Å². The van der Waals surface area contributed by atoms with Crippen LogP contribution in [0.4, 0.5) is 13.2 Å². The zero-order valence-corrected chi connectivity index (χ0v) is 15.7. The number of amides is 2. The number of carbonyl (C=O) groups excluding carboxylic acids is 2. The summed E-state index contributed by atoms with van der Waals surface area (Å²) < 4.78 is 39.4. The van der Waals surface area contributed by atoms with Crippen molar-refractivity contribution in [2.24, 2.45) is 17.8 Å². The number of alkyl halides is 3.